The Morgan fingerprint density at radius 2 is 1.75 bits per heavy atom. The Hall–Kier alpha value is -2.26. The van der Waals surface area contributed by atoms with Crippen LogP contribution in [0.4, 0.5) is 0 Å². The third kappa shape index (κ3) is 4.44. The summed E-state index contributed by atoms with van der Waals surface area (Å²) in [7, 11) is 0. The van der Waals surface area contributed by atoms with Crippen molar-refractivity contribution in [2.75, 3.05) is 0 Å². The Labute approximate surface area is 122 Å². The number of phenolic OH excluding ortho intramolecular Hbond substituents is 1. The molecule has 2 aromatic carbocycles. The third-order valence-corrected chi connectivity index (χ3v) is 2.95. The molecule has 0 aromatic heterocycles. The minimum Gasteiger partial charge on any atom is -0.508 e. The average Bonchev–Trinajstić information content (AvgIpc) is 2.46. The van der Waals surface area contributed by atoms with Crippen LogP contribution in [-0.4, -0.2) is 11.0 Å². The van der Waals surface area contributed by atoms with Gasteiger partial charge in [0.05, 0.1) is 0 Å². The highest BCUT2D eigenvalue weighted by Crippen LogP contribution is 2.11. The molecule has 0 radical (unpaired) electrons. The minimum atomic E-state index is -0.173. The van der Waals surface area contributed by atoms with Crippen LogP contribution in [0.25, 0.3) is 6.08 Å². The lowest BCUT2D eigenvalue weighted by Crippen LogP contribution is -2.20. The van der Waals surface area contributed by atoms with Gasteiger partial charge in [-0.2, -0.15) is 0 Å². The second kappa shape index (κ2) is 6.78. The molecule has 0 fully saturated rings. The lowest BCUT2D eigenvalue weighted by Gasteiger charge is -2.02. The van der Waals surface area contributed by atoms with Crippen LogP contribution in [0.15, 0.2) is 54.6 Å². The van der Waals surface area contributed by atoms with Crippen molar-refractivity contribution in [1.29, 1.82) is 0 Å². The molecule has 4 heteroatoms. The summed E-state index contributed by atoms with van der Waals surface area (Å²) in [5.41, 5.74) is 1.84. The Balaban J connectivity index is 1.86. The van der Waals surface area contributed by atoms with E-state index in [0.717, 1.165) is 11.1 Å². The molecule has 2 N–H and O–H groups in total. The van der Waals surface area contributed by atoms with E-state index in [-0.39, 0.29) is 11.7 Å². The number of hydrogen-bond donors (Lipinski definition) is 2. The van der Waals surface area contributed by atoms with Crippen LogP contribution in [0.2, 0.25) is 5.02 Å². The molecule has 0 spiro atoms. The number of halogens is 1. The highest BCUT2D eigenvalue weighted by atomic mass is 35.5. The number of carbonyl (C=O) groups is 1. The zero-order valence-electron chi connectivity index (χ0n) is 10.7. The fourth-order valence-corrected chi connectivity index (χ4v) is 1.73. The molecule has 0 aliphatic carbocycles. The lowest BCUT2D eigenvalue weighted by atomic mass is 10.2. The molecule has 0 bridgehead atoms. The van der Waals surface area contributed by atoms with E-state index in [2.05, 4.69) is 5.32 Å². The summed E-state index contributed by atoms with van der Waals surface area (Å²) in [4.78, 5) is 11.7. The number of amides is 1. The molecule has 0 saturated carbocycles. The van der Waals surface area contributed by atoms with E-state index in [1.807, 2.05) is 12.1 Å². The van der Waals surface area contributed by atoms with Crippen LogP contribution in [0.5, 0.6) is 5.75 Å². The number of rotatable bonds is 4. The third-order valence-electron chi connectivity index (χ3n) is 2.70. The maximum atomic E-state index is 11.7. The van der Waals surface area contributed by atoms with Crippen LogP contribution in [0.1, 0.15) is 11.1 Å². The number of aromatic hydroxyl groups is 1. The van der Waals surface area contributed by atoms with Crippen molar-refractivity contribution < 1.29 is 9.90 Å². The monoisotopic (exact) mass is 287 g/mol. The van der Waals surface area contributed by atoms with Gasteiger partial charge in [-0.3, -0.25) is 4.79 Å². The summed E-state index contributed by atoms with van der Waals surface area (Å²) in [6.07, 6.45) is 3.15. The topological polar surface area (TPSA) is 49.3 Å². The summed E-state index contributed by atoms with van der Waals surface area (Å²) in [6, 6.07) is 13.9. The second-order valence-corrected chi connectivity index (χ2v) is 4.71. The van der Waals surface area contributed by atoms with E-state index in [0.29, 0.717) is 11.6 Å². The van der Waals surface area contributed by atoms with E-state index in [4.69, 9.17) is 16.7 Å². The maximum absolute atomic E-state index is 11.7. The molecule has 3 nitrogen and oxygen atoms in total. The van der Waals surface area contributed by atoms with Crippen molar-refractivity contribution in [3.05, 3.63) is 70.8 Å². The quantitative estimate of drug-likeness (QED) is 0.847. The first-order chi connectivity index (χ1) is 9.63. The molecule has 0 unspecified atom stereocenters. The zero-order valence-corrected chi connectivity index (χ0v) is 11.5. The van der Waals surface area contributed by atoms with Gasteiger partial charge in [-0.15, -0.1) is 0 Å². The van der Waals surface area contributed by atoms with Gasteiger partial charge in [0.15, 0.2) is 0 Å². The van der Waals surface area contributed by atoms with Gasteiger partial charge in [-0.25, -0.2) is 0 Å². The van der Waals surface area contributed by atoms with Crippen LogP contribution in [0, 0.1) is 0 Å². The molecule has 0 saturated heterocycles. The van der Waals surface area contributed by atoms with Crippen molar-refractivity contribution in [2.45, 2.75) is 6.54 Å². The smallest absolute Gasteiger partial charge is 0.244 e. The predicted molar refractivity (Wildman–Crippen MR) is 80.4 cm³/mol. The maximum Gasteiger partial charge on any atom is 0.244 e. The highest BCUT2D eigenvalue weighted by Gasteiger charge is 1.97. The summed E-state index contributed by atoms with van der Waals surface area (Å²) in [6.45, 7) is 0.454. The Morgan fingerprint density at radius 3 is 2.40 bits per heavy atom. The number of phenols is 1. The molecule has 0 atom stereocenters. The number of benzene rings is 2. The molecule has 2 rings (SSSR count). The molecular formula is C16H14ClNO2. The van der Waals surface area contributed by atoms with Gasteiger partial charge < -0.3 is 10.4 Å². The number of nitrogens with one attached hydrogen (secondary N) is 1. The predicted octanol–water partition coefficient (Wildman–Crippen LogP) is 3.38. The van der Waals surface area contributed by atoms with Gasteiger partial charge in [-0.05, 0) is 41.5 Å². The lowest BCUT2D eigenvalue weighted by molar-refractivity contribution is -0.116. The fourth-order valence-electron chi connectivity index (χ4n) is 1.61. The van der Waals surface area contributed by atoms with E-state index < -0.39 is 0 Å². The van der Waals surface area contributed by atoms with Crippen molar-refractivity contribution in [1.82, 2.24) is 5.32 Å². The molecule has 20 heavy (non-hydrogen) atoms. The van der Waals surface area contributed by atoms with E-state index >= 15 is 0 Å². The minimum absolute atomic E-state index is 0.173. The summed E-state index contributed by atoms with van der Waals surface area (Å²) < 4.78 is 0. The summed E-state index contributed by atoms with van der Waals surface area (Å²) in [5, 5.41) is 12.6. The highest BCUT2D eigenvalue weighted by molar-refractivity contribution is 6.30. The summed E-state index contributed by atoms with van der Waals surface area (Å²) in [5.74, 6) is 0.0300. The van der Waals surface area contributed by atoms with Crippen molar-refractivity contribution >= 4 is 23.6 Å². The largest absolute Gasteiger partial charge is 0.508 e. The van der Waals surface area contributed by atoms with Crippen LogP contribution >= 0.6 is 11.6 Å². The molecule has 0 heterocycles. The molecule has 102 valence electrons. The number of carbonyl (C=O) groups excluding carboxylic acids is 1. The zero-order chi connectivity index (χ0) is 14.4. The van der Waals surface area contributed by atoms with Crippen molar-refractivity contribution in [2.24, 2.45) is 0 Å². The normalized spacial score (nSPS) is 10.7. The van der Waals surface area contributed by atoms with Gasteiger partial charge in [-0.1, -0.05) is 35.9 Å². The number of hydrogen-bond acceptors (Lipinski definition) is 2. The van der Waals surface area contributed by atoms with Crippen LogP contribution in [-0.2, 0) is 11.3 Å². The van der Waals surface area contributed by atoms with E-state index in [9.17, 15) is 4.79 Å². The Morgan fingerprint density at radius 1 is 1.10 bits per heavy atom. The van der Waals surface area contributed by atoms with E-state index in [1.54, 1.807) is 42.5 Å². The molecular weight excluding hydrogens is 274 g/mol. The van der Waals surface area contributed by atoms with Gasteiger partial charge >= 0.3 is 0 Å². The van der Waals surface area contributed by atoms with E-state index in [1.165, 1.54) is 6.08 Å². The van der Waals surface area contributed by atoms with Gasteiger partial charge in [0, 0.05) is 17.6 Å². The van der Waals surface area contributed by atoms with Crippen molar-refractivity contribution in [3.63, 3.8) is 0 Å². The van der Waals surface area contributed by atoms with Gasteiger partial charge in [0.1, 0.15) is 5.75 Å². The molecule has 1 amide bonds. The van der Waals surface area contributed by atoms with Gasteiger partial charge in [0.2, 0.25) is 5.91 Å². The second-order valence-electron chi connectivity index (χ2n) is 4.27. The Kier molecular flexibility index (Phi) is 4.80. The first-order valence-electron chi connectivity index (χ1n) is 6.13. The molecule has 0 aliphatic heterocycles. The first kappa shape index (κ1) is 14.2. The van der Waals surface area contributed by atoms with Crippen LogP contribution < -0.4 is 5.32 Å². The van der Waals surface area contributed by atoms with Crippen LogP contribution in [0.3, 0.4) is 0 Å². The first-order valence-corrected chi connectivity index (χ1v) is 6.51. The summed E-state index contributed by atoms with van der Waals surface area (Å²) >= 11 is 5.79. The average molecular weight is 288 g/mol. The molecule has 0 aliphatic rings. The van der Waals surface area contributed by atoms with Crippen molar-refractivity contribution in [3.8, 4) is 5.75 Å². The standard InChI is InChI=1S/C16H14ClNO2/c17-14-6-1-13(2-7-14)11-18-16(20)10-5-12-3-8-15(19)9-4-12/h1-10,19H,11H2,(H,18,20)/b10-5+. The van der Waals surface area contributed by atoms with Gasteiger partial charge in [0.25, 0.3) is 0 Å². The fraction of sp³-hybridized carbons (Fsp3) is 0.0625. The Bertz CT molecular complexity index is 603. The SMILES string of the molecule is O=C(/C=C/c1ccc(O)cc1)NCc1ccc(Cl)cc1. The molecule has 2 aromatic rings.